The van der Waals surface area contributed by atoms with Gasteiger partial charge in [0.2, 0.25) is 5.91 Å². The first kappa shape index (κ1) is 22.7. The number of rotatable bonds is 6. The van der Waals surface area contributed by atoms with Gasteiger partial charge in [-0.15, -0.1) is 0 Å². The number of hydrogen-bond donors (Lipinski definition) is 3. The Morgan fingerprint density at radius 1 is 1.25 bits per heavy atom. The third kappa shape index (κ3) is 4.00. The van der Waals surface area contributed by atoms with E-state index in [1.54, 1.807) is 0 Å². The molecule has 0 unspecified atom stereocenters. The number of halogens is 1. The molecule has 2 fully saturated rings. The normalized spacial score (nSPS) is 22.1. The van der Waals surface area contributed by atoms with Crippen molar-refractivity contribution >= 4 is 29.1 Å². The van der Waals surface area contributed by atoms with E-state index in [0.717, 1.165) is 24.0 Å². The summed E-state index contributed by atoms with van der Waals surface area (Å²) in [6.07, 6.45) is 2.66. The molecule has 7 nitrogen and oxygen atoms in total. The standard InChI is InChI=1S/C24H29ClN4O3/c1-14(2)17-6-4-5-7-19(17)24(12-29(13-24)15-8-16(30)9-15)23(32)28-20-11-27-21(25)10-18(20)22(31)26-3/h4-7,10-11,14-16,30H,8-9,12-13H2,1-3H3,(H,26,31)(H,28,32). The van der Waals surface area contributed by atoms with Crippen LogP contribution >= 0.6 is 11.6 Å². The molecule has 2 aromatic rings. The van der Waals surface area contributed by atoms with Gasteiger partial charge >= 0.3 is 0 Å². The van der Waals surface area contributed by atoms with Gasteiger partial charge in [-0.05, 0) is 36.0 Å². The zero-order valence-corrected chi connectivity index (χ0v) is 19.3. The Morgan fingerprint density at radius 2 is 1.94 bits per heavy atom. The van der Waals surface area contributed by atoms with Crippen LogP contribution < -0.4 is 10.6 Å². The van der Waals surface area contributed by atoms with E-state index in [-0.39, 0.29) is 34.6 Å². The highest BCUT2D eigenvalue weighted by Crippen LogP contribution is 2.43. The maximum Gasteiger partial charge on any atom is 0.253 e. The number of nitrogens with one attached hydrogen (secondary N) is 2. The lowest BCUT2D eigenvalue weighted by atomic mass is 9.67. The van der Waals surface area contributed by atoms with Gasteiger partial charge in [0.15, 0.2) is 0 Å². The third-order valence-corrected chi connectivity index (χ3v) is 6.88. The molecular formula is C24H29ClN4O3. The van der Waals surface area contributed by atoms with Crippen molar-refractivity contribution in [2.45, 2.75) is 50.2 Å². The highest BCUT2D eigenvalue weighted by molar-refractivity contribution is 6.30. The molecule has 32 heavy (non-hydrogen) atoms. The summed E-state index contributed by atoms with van der Waals surface area (Å²) >= 11 is 5.99. The lowest BCUT2D eigenvalue weighted by Gasteiger charge is -2.55. The Labute approximate surface area is 193 Å². The van der Waals surface area contributed by atoms with Crippen LogP contribution in [0.4, 0.5) is 5.69 Å². The number of benzene rings is 1. The Bertz CT molecular complexity index is 1030. The largest absolute Gasteiger partial charge is 0.393 e. The summed E-state index contributed by atoms with van der Waals surface area (Å²) in [5, 5.41) is 15.4. The fourth-order valence-electron chi connectivity index (χ4n) is 4.73. The minimum atomic E-state index is -0.749. The first-order valence-corrected chi connectivity index (χ1v) is 11.3. The number of carbonyl (C=O) groups is 2. The van der Waals surface area contributed by atoms with Crippen molar-refractivity contribution in [3.05, 3.63) is 58.4 Å². The lowest BCUT2D eigenvalue weighted by molar-refractivity contribution is -0.133. The molecule has 2 heterocycles. The summed E-state index contributed by atoms with van der Waals surface area (Å²) in [5.41, 5.74) is 1.99. The molecule has 4 rings (SSSR count). The number of aliphatic hydroxyl groups excluding tert-OH is 1. The number of pyridine rings is 1. The van der Waals surface area contributed by atoms with Crippen molar-refractivity contribution in [1.82, 2.24) is 15.2 Å². The zero-order chi connectivity index (χ0) is 23.0. The quantitative estimate of drug-likeness (QED) is 0.581. The van der Waals surface area contributed by atoms with Crippen LogP contribution in [0.5, 0.6) is 0 Å². The van der Waals surface area contributed by atoms with Crippen LogP contribution in [0.3, 0.4) is 0 Å². The number of likely N-dealkylation sites (tertiary alicyclic amines) is 1. The Hall–Kier alpha value is -2.48. The van der Waals surface area contributed by atoms with E-state index in [1.165, 1.54) is 19.3 Å². The molecule has 0 bridgehead atoms. The van der Waals surface area contributed by atoms with E-state index in [2.05, 4.69) is 40.4 Å². The van der Waals surface area contributed by atoms with Crippen LogP contribution in [0.2, 0.25) is 5.15 Å². The molecule has 1 aliphatic carbocycles. The second-order valence-corrected chi connectivity index (χ2v) is 9.48. The number of nitrogens with zero attached hydrogens (tertiary/aromatic N) is 2. The molecule has 0 atom stereocenters. The van der Waals surface area contributed by atoms with Gasteiger partial charge in [0, 0.05) is 26.2 Å². The fraction of sp³-hybridized carbons (Fsp3) is 0.458. The summed E-state index contributed by atoms with van der Waals surface area (Å²) in [6, 6.07) is 9.82. The first-order valence-electron chi connectivity index (χ1n) is 11.0. The van der Waals surface area contributed by atoms with Crippen LogP contribution in [0.25, 0.3) is 0 Å². The molecule has 1 saturated carbocycles. The van der Waals surface area contributed by atoms with Crippen LogP contribution in [-0.2, 0) is 10.2 Å². The second kappa shape index (κ2) is 8.81. The number of amides is 2. The van der Waals surface area contributed by atoms with Crippen LogP contribution in [0.15, 0.2) is 36.5 Å². The summed E-state index contributed by atoms with van der Waals surface area (Å²) < 4.78 is 0. The second-order valence-electron chi connectivity index (χ2n) is 9.09. The third-order valence-electron chi connectivity index (χ3n) is 6.67. The van der Waals surface area contributed by atoms with Gasteiger partial charge < -0.3 is 15.7 Å². The highest BCUT2D eigenvalue weighted by Gasteiger charge is 2.54. The fourth-order valence-corrected chi connectivity index (χ4v) is 4.89. The molecule has 1 aromatic carbocycles. The molecule has 1 aromatic heterocycles. The molecule has 2 aliphatic rings. The Balaban J connectivity index is 1.68. The molecule has 3 N–H and O–H groups in total. The van der Waals surface area contributed by atoms with E-state index >= 15 is 0 Å². The van der Waals surface area contributed by atoms with E-state index in [0.29, 0.717) is 24.8 Å². The maximum absolute atomic E-state index is 13.8. The van der Waals surface area contributed by atoms with Gasteiger partial charge in [0.1, 0.15) is 5.15 Å². The predicted molar refractivity (Wildman–Crippen MR) is 124 cm³/mol. The number of aliphatic hydroxyl groups is 1. The molecule has 170 valence electrons. The average molecular weight is 457 g/mol. The van der Waals surface area contributed by atoms with Gasteiger partial charge in [0.05, 0.1) is 29.0 Å². The molecule has 1 saturated heterocycles. The van der Waals surface area contributed by atoms with Crippen molar-refractivity contribution in [3.63, 3.8) is 0 Å². The SMILES string of the molecule is CNC(=O)c1cc(Cl)ncc1NC(=O)C1(c2ccccc2C(C)C)CN(C2CC(O)C2)C1. The average Bonchev–Trinajstić information content (AvgIpc) is 2.72. The molecule has 2 amide bonds. The smallest absolute Gasteiger partial charge is 0.253 e. The topological polar surface area (TPSA) is 94.6 Å². The Kier molecular flexibility index (Phi) is 6.25. The van der Waals surface area contributed by atoms with Crippen molar-refractivity contribution in [1.29, 1.82) is 0 Å². The van der Waals surface area contributed by atoms with Crippen molar-refractivity contribution < 1.29 is 14.7 Å². The molecule has 8 heteroatoms. The van der Waals surface area contributed by atoms with Crippen LogP contribution in [-0.4, -0.2) is 59.1 Å². The van der Waals surface area contributed by atoms with Gasteiger partial charge in [-0.2, -0.15) is 0 Å². The molecule has 0 radical (unpaired) electrons. The van der Waals surface area contributed by atoms with E-state index in [4.69, 9.17) is 11.6 Å². The van der Waals surface area contributed by atoms with E-state index in [1.807, 2.05) is 18.2 Å². The summed E-state index contributed by atoms with van der Waals surface area (Å²) in [7, 11) is 1.53. The summed E-state index contributed by atoms with van der Waals surface area (Å²) in [5.74, 6) is -0.259. The van der Waals surface area contributed by atoms with E-state index < -0.39 is 5.41 Å². The minimum Gasteiger partial charge on any atom is -0.393 e. The molecule has 1 aliphatic heterocycles. The lowest BCUT2D eigenvalue weighted by Crippen LogP contribution is -2.69. The van der Waals surface area contributed by atoms with Crippen molar-refractivity contribution in [2.24, 2.45) is 0 Å². The first-order chi connectivity index (χ1) is 15.2. The number of aromatic nitrogens is 1. The van der Waals surface area contributed by atoms with Crippen LogP contribution in [0, 0.1) is 0 Å². The number of anilines is 1. The van der Waals surface area contributed by atoms with Gasteiger partial charge in [-0.25, -0.2) is 4.98 Å². The van der Waals surface area contributed by atoms with Crippen LogP contribution in [0.1, 0.15) is 54.1 Å². The molecular weight excluding hydrogens is 428 g/mol. The van der Waals surface area contributed by atoms with Crippen molar-refractivity contribution in [2.75, 3.05) is 25.5 Å². The van der Waals surface area contributed by atoms with Gasteiger partial charge in [-0.3, -0.25) is 14.5 Å². The highest BCUT2D eigenvalue weighted by atomic mass is 35.5. The number of hydrogen-bond acceptors (Lipinski definition) is 5. The van der Waals surface area contributed by atoms with E-state index in [9.17, 15) is 14.7 Å². The van der Waals surface area contributed by atoms with Gasteiger partial charge in [-0.1, -0.05) is 49.7 Å². The minimum absolute atomic E-state index is 0.170. The maximum atomic E-state index is 13.8. The predicted octanol–water partition coefficient (Wildman–Crippen LogP) is 2.93. The molecule has 0 spiro atoms. The summed E-state index contributed by atoms with van der Waals surface area (Å²) in [6.45, 7) is 5.37. The Morgan fingerprint density at radius 3 is 2.56 bits per heavy atom. The number of carbonyl (C=O) groups excluding carboxylic acids is 2. The van der Waals surface area contributed by atoms with Gasteiger partial charge in [0.25, 0.3) is 5.91 Å². The monoisotopic (exact) mass is 456 g/mol. The summed E-state index contributed by atoms with van der Waals surface area (Å²) in [4.78, 5) is 32.5. The zero-order valence-electron chi connectivity index (χ0n) is 18.6. The van der Waals surface area contributed by atoms with Crippen molar-refractivity contribution in [3.8, 4) is 0 Å².